The molecule has 0 spiro atoms. The van der Waals surface area contributed by atoms with Crippen LogP contribution in [0.4, 0.5) is 0 Å². The number of hydrogen-bond acceptors (Lipinski definition) is 3. The van der Waals surface area contributed by atoms with E-state index in [0.29, 0.717) is 17.9 Å². The van der Waals surface area contributed by atoms with Gasteiger partial charge in [0.15, 0.2) is 0 Å². The fraction of sp³-hybridized carbons (Fsp3) is 0.400. The molecule has 2 rings (SSSR count). The number of piperidine rings is 1. The number of benzene rings is 1. The third kappa shape index (κ3) is 3.35. The molecule has 0 saturated carbocycles. The van der Waals surface area contributed by atoms with Gasteiger partial charge in [-0.1, -0.05) is 24.8 Å². The number of amides is 1. The molecule has 1 aromatic rings. The Balaban J connectivity index is 2.11. The monoisotopic (exact) mass is 260 g/mol. The second-order valence-electron chi connectivity index (χ2n) is 4.73. The summed E-state index contributed by atoms with van der Waals surface area (Å²) >= 11 is 0. The summed E-state index contributed by atoms with van der Waals surface area (Å²) in [5.74, 6) is 0.633. The number of para-hydroxylation sites is 1. The van der Waals surface area contributed by atoms with E-state index >= 15 is 0 Å². The van der Waals surface area contributed by atoms with Crippen molar-refractivity contribution in [2.45, 2.75) is 18.9 Å². The summed E-state index contributed by atoms with van der Waals surface area (Å²) in [6.45, 7) is 5.45. The van der Waals surface area contributed by atoms with Crippen LogP contribution in [0.15, 0.2) is 36.9 Å². The molecule has 0 unspecified atom stereocenters. The molecule has 1 amide bonds. The molecule has 0 aromatic heterocycles. The van der Waals surface area contributed by atoms with E-state index in [4.69, 9.17) is 10.5 Å². The second kappa shape index (κ2) is 6.38. The average Bonchev–Trinajstić information content (AvgIpc) is 2.45. The van der Waals surface area contributed by atoms with Crippen LogP contribution in [0.25, 0.3) is 0 Å². The van der Waals surface area contributed by atoms with Gasteiger partial charge in [0.1, 0.15) is 12.4 Å². The average molecular weight is 260 g/mol. The number of likely N-dealkylation sites (tertiary alicyclic amines) is 1. The maximum absolute atomic E-state index is 12.5. The highest BCUT2D eigenvalue weighted by atomic mass is 16.5. The molecule has 1 aromatic carbocycles. The summed E-state index contributed by atoms with van der Waals surface area (Å²) in [7, 11) is 0. The highest BCUT2D eigenvalue weighted by Gasteiger charge is 2.23. The van der Waals surface area contributed by atoms with Gasteiger partial charge in [0.25, 0.3) is 5.91 Å². The molecule has 102 valence electrons. The minimum atomic E-state index is 0.0200. The summed E-state index contributed by atoms with van der Waals surface area (Å²) in [5, 5.41) is 0. The molecule has 0 bridgehead atoms. The van der Waals surface area contributed by atoms with Gasteiger partial charge >= 0.3 is 0 Å². The van der Waals surface area contributed by atoms with Gasteiger partial charge in [-0.2, -0.15) is 0 Å². The minimum Gasteiger partial charge on any atom is -0.489 e. The van der Waals surface area contributed by atoms with Gasteiger partial charge in [0.05, 0.1) is 5.56 Å². The SMILES string of the molecule is C=CCOc1ccccc1C(=O)N1CCC(N)CC1. The first-order chi connectivity index (χ1) is 9.22. The van der Waals surface area contributed by atoms with Crippen molar-refractivity contribution in [2.75, 3.05) is 19.7 Å². The molecule has 0 atom stereocenters. The molecule has 1 saturated heterocycles. The number of rotatable bonds is 4. The van der Waals surface area contributed by atoms with E-state index in [-0.39, 0.29) is 11.9 Å². The lowest BCUT2D eigenvalue weighted by Crippen LogP contribution is -2.42. The van der Waals surface area contributed by atoms with Gasteiger partial charge in [0, 0.05) is 19.1 Å². The van der Waals surface area contributed by atoms with E-state index in [1.54, 1.807) is 12.1 Å². The van der Waals surface area contributed by atoms with Crippen LogP contribution < -0.4 is 10.5 Å². The number of nitrogens with two attached hydrogens (primary N) is 1. The molecule has 4 heteroatoms. The fourth-order valence-corrected chi connectivity index (χ4v) is 2.19. The number of hydrogen-bond donors (Lipinski definition) is 1. The van der Waals surface area contributed by atoms with Crippen molar-refractivity contribution in [1.82, 2.24) is 4.90 Å². The van der Waals surface area contributed by atoms with Crippen LogP contribution in [-0.2, 0) is 0 Å². The Bertz CT molecular complexity index is 451. The summed E-state index contributed by atoms with van der Waals surface area (Å²) < 4.78 is 5.53. The van der Waals surface area contributed by atoms with Crippen molar-refractivity contribution in [3.63, 3.8) is 0 Å². The third-order valence-electron chi connectivity index (χ3n) is 3.30. The quantitative estimate of drug-likeness (QED) is 0.840. The van der Waals surface area contributed by atoms with Gasteiger partial charge in [-0.25, -0.2) is 0 Å². The fourth-order valence-electron chi connectivity index (χ4n) is 2.19. The van der Waals surface area contributed by atoms with Gasteiger partial charge < -0.3 is 15.4 Å². The Morgan fingerprint density at radius 2 is 2.11 bits per heavy atom. The predicted octanol–water partition coefficient (Wildman–Crippen LogP) is 1.81. The lowest BCUT2D eigenvalue weighted by atomic mass is 10.0. The maximum Gasteiger partial charge on any atom is 0.257 e. The lowest BCUT2D eigenvalue weighted by molar-refractivity contribution is 0.0711. The first-order valence-electron chi connectivity index (χ1n) is 6.60. The van der Waals surface area contributed by atoms with E-state index in [0.717, 1.165) is 25.9 Å². The second-order valence-corrected chi connectivity index (χ2v) is 4.73. The summed E-state index contributed by atoms with van der Waals surface area (Å²) in [6.07, 6.45) is 3.39. The molecular formula is C15H20N2O2. The summed E-state index contributed by atoms with van der Waals surface area (Å²) in [5.41, 5.74) is 6.47. The highest BCUT2D eigenvalue weighted by Crippen LogP contribution is 2.21. The van der Waals surface area contributed by atoms with Crippen LogP contribution in [0.3, 0.4) is 0 Å². The van der Waals surface area contributed by atoms with Crippen LogP contribution in [-0.4, -0.2) is 36.5 Å². The third-order valence-corrected chi connectivity index (χ3v) is 3.30. The highest BCUT2D eigenvalue weighted by molar-refractivity contribution is 5.97. The smallest absolute Gasteiger partial charge is 0.257 e. The van der Waals surface area contributed by atoms with Gasteiger partial charge in [0.2, 0.25) is 0 Å². The van der Waals surface area contributed by atoms with E-state index in [2.05, 4.69) is 6.58 Å². The van der Waals surface area contributed by atoms with Crippen LogP contribution in [0, 0.1) is 0 Å². The topological polar surface area (TPSA) is 55.6 Å². The van der Waals surface area contributed by atoms with Crippen LogP contribution >= 0.6 is 0 Å². The van der Waals surface area contributed by atoms with Crippen LogP contribution in [0.5, 0.6) is 5.75 Å². The number of carbonyl (C=O) groups excluding carboxylic acids is 1. The van der Waals surface area contributed by atoms with Crippen LogP contribution in [0.2, 0.25) is 0 Å². The standard InChI is InChI=1S/C15H20N2O2/c1-2-11-19-14-6-4-3-5-13(14)15(18)17-9-7-12(16)8-10-17/h2-6,12H,1,7-11,16H2. The van der Waals surface area contributed by atoms with Crippen molar-refractivity contribution in [1.29, 1.82) is 0 Å². The van der Waals surface area contributed by atoms with Crippen molar-refractivity contribution < 1.29 is 9.53 Å². The lowest BCUT2D eigenvalue weighted by Gasteiger charge is -2.30. The van der Waals surface area contributed by atoms with Crippen LogP contribution in [0.1, 0.15) is 23.2 Å². The maximum atomic E-state index is 12.5. The zero-order chi connectivity index (χ0) is 13.7. The molecule has 0 radical (unpaired) electrons. The Labute approximate surface area is 113 Å². The van der Waals surface area contributed by atoms with Gasteiger partial charge in [-0.3, -0.25) is 4.79 Å². The van der Waals surface area contributed by atoms with Crippen molar-refractivity contribution in [2.24, 2.45) is 5.73 Å². The van der Waals surface area contributed by atoms with E-state index in [1.807, 2.05) is 23.1 Å². The van der Waals surface area contributed by atoms with E-state index in [1.165, 1.54) is 0 Å². The number of nitrogens with zero attached hydrogens (tertiary/aromatic N) is 1. The molecule has 1 fully saturated rings. The Morgan fingerprint density at radius 1 is 1.42 bits per heavy atom. The first kappa shape index (κ1) is 13.6. The molecular weight excluding hydrogens is 240 g/mol. The van der Waals surface area contributed by atoms with E-state index < -0.39 is 0 Å². The molecule has 1 heterocycles. The van der Waals surface area contributed by atoms with Crippen molar-refractivity contribution >= 4 is 5.91 Å². The zero-order valence-electron chi connectivity index (χ0n) is 11.0. The number of carbonyl (C=O) groups is 1. The van der Waals surface area contributed by atoms with Gasteiger partial charge in [-0.15, -0.1) is 0 Å². The minimum absolute atomic E-state index is 0.0200. The molecule has 1 aliphatic rings. The Kier molecular flexibility index (Phi) is 4.58. The normalized spacial score (nSPS) is 16.2. The molecule has 4 nitrogen and oxygen atoms in total. The zero-order valence-corrected chi connectivity index (χ0v) is 11.0. The molecule has 0 aliphatic carbocycles. The Morgan fingerprint density at radius 3 is 2.79 bits per heavy atom. The van der Waals surface area contributed by atoms with Gasteiger partial charge in [-0.05, 0) is 25.0 Å². The summed E-state index contributed by atoms with van der Waals surface area (Å²) in [4.78, 5) is 14.3. The van der Waals surface area contributed by atoms with Crippen molar-refractivity contribution in [3.8, 4) is 5.75 Å². The predicted molar refractivity (Wildman–Crippen MR) is 75.2 cm³/mol. The van der Waals surface area contributed by atoms with E-state index in [9.17, 15) is 4.79 Å². The largest absolute Gasteiger partial charge is 0.489 e. The Hall–Kier alpha value is -1.81. The molecule has 2 N–H and O–H groups in total. The molecule has 1 aliphatic heterocycles. The first-order valence-corrected chi connectivity index (χ1v) is 6.60. The summed E-state index contributed by atoms with van der Waals surface area (Å²) in [6, 6.07) is 7.54. The van der Waals surface area contributed by atoms with Crippen molar-refractivity contribution in [3.05, 3.63) is 42.5 Å². The molecule has 19 heavy (non-hydrogen) atoms. The number of ether oxygens (including phenoxy) is 1.